The Labute approximate surface area is 77.5 Å². The molecule has 0 N–H and O–H groups in total. The molecule has 2 rings (SSSR count). The monoisotopic (exact) mass is 176 g/mol. The third-order valence-corrected chi connectivity index (χ3v) is 2.23. The number of ketones is 1. The van der Waals surface area contributed by atoms with Crippen molar-refractivity contribution in [3.05, 3.63) is 29.8 Å². The molecule has 0 bridgehead atoms. The summed E-state index contributed by atoms with van der Waals surface area (Å²) in [5.74, 6) is 1.13. The maximum atomic E-state index is 10.9. The summed E-state index contributed by atoms with van der Waals surface area (Å²) in [4.78, 5) is 10.9. The average Bonchev–Trinajstić information content (AvgIpc) is 2.44. The molecule has 2 heteroatoms. The molecular weight excluding hydrogens is 164 g/mol. The molecule has 68 valence electrons. The summed E-state index contributed by atoms with van der Waals surface area (Å²) in [6.45, 7) is 1.60. The van der Waals surface area contributed by atoms with E-state index in [-0.39, 0.29) is 11.9 Å². The topological polar surface area (TPSA) is 26.3 Å². The maximum Gasteiger partial charge on any atom is 0.133 e. The van der Waals surface area contributed by atoms with Crippen LogP contribution in [0, 0.1) is 0 Å². The zero-order valence-corrected chi connectivity index (χ0v) is 7.62. The van der Waals surface area contributed by atoms with Crippen molar-refractivity contribution < 1.29 is 9.53 Å². The lowest BCUT2D eigenvalue weighted by Gasteiger charge is -2.06. The number of hydrogen-bond donors (Lipinski definition) is 0. The van der Waals surface area contributed by atoms with E-state index in [4.69, 9.17) is 4.74 Å². The number of benzene rings is 1. The molecule has 1 heterocycles. The zero-order chi connectivity index (χ0) is 9.26. The van der Waals surface area contributed by atoms with Gasteiger partial charge in [-0.15, -0.1) is 0 Å². The normalized spacial score (nSPS) is 19.3. The minimum atomic E-state index is 0.0647. The van der Waals surface area contributed by atoms with E-state index in [2.05, 4.69) is 6.07 Å². The Morgan fingerprint density at radius 1 is 1.54 bits per heavy atom. The van der Waals surface area contributed by atoms with Crippen molar-refractivity contribution >= 4 is 5.78 Å². The van der Waals surface area contributed by atoms with Gasteiger partial charge in [-0.2, -0.15) is 0 Å². The number of rotatable bonds is 2. The molecule has 1 aromatic rings. The predicted octanol–water partition coefficient (Wildman–Crippen LogP) is 1.97. The number of para-hydroxylation sites is 1. The minimum absolute atomic E-state index is 0.0647. The number of hydrogen-bond acceptors (Lipinski definition) is 2. The van der Waals surface area contributed by atoms with Gasteiger partial charge in [0.05, 0.1) is 0 Å². The van der Waals surface area contributed by atoms with Crippen LogP contribution >= 0.6 is 0 Å². The second-order valence-corrected chi connectivity index (χ2v) is 3.46. The fraction of sp³-hybridized carbons (Fsp3) is 0.364. The third-order valence-electron chi connectivity index (χ3n) is 2.23. The molecule has 1 atom stereocenters. The molecule has 0 amide bonds. The Kier molecular flexibility index (Phi) is 2.05. The standard InChI is InChI=1S/C11H12O2/c1-8(12)6-10-7-9-4-2-3-5-11(9)13-10/h2-5,10H,6-7H2,1H3/t10-/m1/s1. The first kappa shape index (κ1) is 8.30. The van der Waals surface area contributed by atoms with Gasteiger partial charge in [0.15, 0.2) is 0 Å². The van der Waals surface area contributed by atoms with Crippen molar-refractivity contribution in [2.24, 2.45) is 0 Å². The van der Waals surface area contributed by atoms with Crippen molar-refractivity contribution in [1.82, 2.24) is 0 Å². The lowest BCUT2D eigenvalue weighted by atomic mass is 10.1. The van der Waals surface area contributed by atoms with Crippen molar-refractivity contribution in [2.45, 2.75) is 25.9 Å². The summed E-state index contributed by atoms with van der Waals surface area (Å²) in [7, 11) is 0. The fourth-order valence-corrected chi connectivity index (χ4v) is 1.69. The Bertz CT molecular complexity index is 306. The highest BCUT2D eigenvalue weighted by Crippen LogP contribution is 2.29. The summed E-state index contributed by atoms with van der Waals surface area (Å²) in [5, 5.41) is 0. The van der Waals surface area contributed by atoms with E-state index in [1.165, 1.54) is 5.56 Å². The molecule has 0 aromatic heterocycles. The summed E-state index contributed by atoms with van der Waals surface area (Å²) in [6.07, 6.45) is 1.46. The molecule has 1 aliphatic heterocycles. The molecule has 0 radical (unpaired) electrons. The van der Waals surface area contributed by atoms with Crippen LogP contribution in [0.1, 0.15) is 18.9 Å². The largest absolute Gasteiger partial charge is 0.489 e. The van der Waals surface area contributed by atoms with Crippen molar-refractivity contribution in [1.29, 1.82) is 0 Å². The molecule has 1 aliphatic rings. The summed E-state index contributed by atoms with van der Waals surface area (Å²) < 4.78 is 5.60. The molecule has 13 heavy (non-hydrogen) atoms. The number of ether oxygens (including phenoxy) is 1. The van der Waals surface area contributed by atoms with Crippen LogP contribution in [0.25, 0.3) is 0 Å². The summed E-state index contributed by atoms with van der Waals surface area (Å²) in [5.41, 5.74) is 1.22. The van der Waals surface area contributed by atoms with Gasteiger partial charge in [0.25, 0.3) is 0 Å². The fourth-order valence-electron chi connectivity index (χ4n) is 1.69. The quantitative estimate of drug-likeness (QED) is 0.688. The molecule has 0 aliphatic carbocycles. The van der Waals surface area contributed by atoms with Gasteiger partial charge in [0, 0.05) is 12.8 Å². The van der Waals surface area contributed by atoms with E-state index in [0.29, 0.717) is 6.42 Å². The smallest absolute Gasteiger partial charge is 0.133 e. The number of Topliss-reactive ketones (excluding diaryl/α,β-unsaturated/α-hetero) is 1. The van der Waals surface area contributed by atoms with Crippen LogP contribution in [-0.2, 0) is 11.2 Å². The summed E-state index contributed by atoms with van der Waals surface area (Å²) >= 11 is 0. The zero-order valence-electron chi connectivity index (χ0n) is 7.62. The highest BCUT2D eigenvalue weighted by molar-refractivity contribution is 5.76. The van der Waals surface area contributed by atoms with Crippen LogP contribution in [0.3, 0.4) is 0 Å². The highest BCUT2D eigenvalue weighted by Gasteiger charge is 2.22. The third kappa shape index (κ3) is 1.72. The Hall–Kier alpha value is -1.31. The number of carbonyl (C=O) groups is 1. The number of carbonyl (C=O) groups excluding carboxylic acids is 1. The molecule has 0 saturated carbocycles. The first-order valence-electron chi connectivity index (χ1n) is 4.49. The van der Waals surface area contributed by atoms with E-state index in [1.54, 1.807) is 6.92 Å². The molecule has 0 unspecified atom stereocenters. The SMILES string of the molecule is CC(=O)C[C@@H]1Cc2ccccc2O1. The van der Waals surface area contributed by atoms with Crippen LogP contribution in [0.5, 0.6) is 5.75 Å². The van der Waals surface area contributed by atoms with Gasteiger partial charge in [-0.3, -0.25) is 4.79 Å². The van der Waals surface area contributed by atoms with Gasteiger partial charge in [-0.05, 0) is 18.6 Å². The maximum absolute atomic E-state index is 10.9. The predicted molar refractivity (Wildman–Crippen MR) is 49.9 cm³/mol. The van der Waals surface area contributed by atoms with E-state index in [1.807, 2.05) is 18.2 Å². The second kappa shape index (κ2) is 3.21. The molecule has 0 saturated heterocycles. The average molecular weight is 176 g/mol. The van der Waals surface area contributed by atoms with E-state index >= 15 is 0 Å². The lowest BCUT2D eigenvalue weighted by molar-refractivity contribution is -0.118. The Morgan fingerprint density at radius 3 is 3.00 bits per heavy atom. The van der Waals surface area contributed by atoms with E-state index < -0.39 is 0 Å². The van der Waals surface area contributed by atoms with Gasteiger partial charge in [-0.1, -0.05) is 18.2 Å². The van der Waals surface area contributed by atoms with Crippen LogP contribution in [0.4, 0.5) is 0 Å². The first-order chi connectivity index (χ1) is 6.25. The second-order valence-electron chi connectivity index (χ2n) is 3.46. The van der Waals surface area contributed by atoms with Crippen LogP contribution in [0.2, 0.25) is 0 Å². The molecule has 0 spiro atoms. The van der Waals surface area contributed by atoms with Crippen molar-refractivity contribution in [2.75, 3.05) is 0 Å². The van der Waals surface area contributed by atoms with E-state index in [0.717, 1.165) is 12.2 Å². The minimum Gasteiger partial charge on any atom is -0.489 e. The molecular formula is C11H12O2. The Morgan fingerprint density at radius 2 is 2.31 bits per heavy atom. The van der Waals surface area contributed by atoms with Gasteiger partial charge in [0.2, 0.25) is 0 Å². The summed E-state index contributed by atoms with van der Waals surface area (Å²) in [6, 6.07) is 7.96. The van der Waals surface area contributed by atoms with Crippen LogP contribution in [-0.4, -0.2) is 11.9 Å². The van der Waals surface area contributed by atoms with Gasteiger partial charge >= 0.3 is 0 Å². The van der Waals surface area contributed by atoms with E-state index in [9.17, 15) is 4.79 Å². The van der Waals surface area contributed by atoms with Gasteiger partial charge in [0.1, 0.15) is 17.6 Å². The lowest BCUT2D eigenvalue weighted by Crippen LogP contribution is -2.16. The van der Waals surface area contributed by atoms with Crippen molar-refractivity contribution in [3.63, 3.8) is 0 Å². The first-order valence-corrected chi connectivity index (χ1v) is 4.49. The number of fused-ring (bicyclic) bond motifs is 1. The molecule has 0 fully saturated rings. The van der Waals surface area contributed by atoms with Crippen molar-refractivity contribution in [3.8, 4) is 5.75 Å². The molecule has 2 nitrogen and oxygen atoms in total. The molecule has 1 aromatic carbocycles. The van der Waals surface area contributed by atoms with Crippen LogP contribution in [0.15, 0.2) is 24.3 Å². The van der Waals surface area contributed by atoms with Gasteiger partial charge in [-0.25, -0.2) is 0 Å². The Balaban J connectivity index is 2.09. The highest BCUT2D eigenvalue weighted by atomic mass is 16.5. The van der Waals surface area contributed by atoms with Gasteiger partial charge < -0.3 is 4.74 Å². The van der Waals surface area contributed by atoms with Crippen LogP contribution < -0.4 is 4.74 Å².